The molecule has 6 nitrogen and oxygen atoms in total. The van der Waals surface area contributed by atoms with Gasteiger partial charge in [-0.05, 0) is 42.7 Å². The Kier molecular flexibility index (Phi) is 5.05. The van der Waals surface area contributed by atoms with E-state index in [1.807, 2.05) is 18.5 Å². The predicted molar refractivity (Wildman–Crippen MR) is 105 cm³/mol. The van der Waals surface area contributed by atoms with Gasteiger partial charge in [0.15, 0.2) is 0 Å². The molecule has 0 radical (unpaired) electrons. The van der Waals surface area contributed by atoms with Gasteiger partial charge in [-0.25, -0.2) is 9.97 Å². The van der Waals surface area contributed by atoms with Gasteiger partial charge in [0.25, 0.3) is 5.91 Å². The minimum absolute atomic E-state index is 0.0592. The molecule has 1 N–H and O–H groups in total. The number of hydrogen-bond donors (Lipinski definition) is 1. The summed E-state index contributed by atoms with van der Waals surface area (Å²) in [5.41, 5.74) is 2.89. The van der Waals surface area contributed by atoms with Crippen LogP contribution in [0.4, 0.5) is 5.82 Å². The van der Waals surface area contributed by atoms with E-state index < -0.39 is 0 Å². The molecule has 2 aliphatic rings. The molecule has 4 heterocycles. The van der Waals surface area contributed by atoms with Crippen LogP contribution in [0.1, 0.15) is 47.7 Å². The molecule has 1 fully saturated rings. The van der Waals surface area contributed by atoms with E-state index in [9.17, 15) is 4.79 Å². The zero-order valence-corrected chi connectivity index (χ0v) is 16.1. The van der Waals surface area contributed by atoms with Crippen molar-refractivity contribution in [3.63, 3.8) is 0 Å². The fourth-order valence-electron chi connectivity index (χ4n) is 4.08. The maximum Gasteiger partial charge on any atom is 0.270 e. The Hall–Kier alpha value is -2.50. The second-order valence-corrected chi connectivity index (χ2v) is 8.06. The van der Waals surface area contributed by atoms with Gasteiger partial charge in [-0.3, -0.25) is 9.78 Å². The molecule has 0 bridgehead atoms. The van der Waals surface area contributed by atoms with Crippen LogP contribution in [-0.4, -0.2) is 40.5 Å². The molecule has 27 heavy (non-hydrogen) atoms. The summed E-state index contributed by atoms with van der Waals surface area (Å²) in [7, 11) is 0. The second-order valence-electron chi connectivity index (χ2n) is 8.06. The van der Waals surface area contributed by atoms with Gasteiger partial charge in [0.2, 0.25) is 0 Å². The van der Waals surface area contributed by atoms with Crippen molar-refractivity contribution in [2.75, 3.05) is 24.5 Å². The Morgan fingerprint density at radius 1 is 1.33 bits per heavy atom. The summed E-state index contributed by atoms with van der Waals surface area (Å²) in [4.78, 5) is 28.5. The van der Waals surface area contributed by atoms with E-state index in [0.29, 0.717) is 24.1 Å². The van der Waals surface area contributed by atoms with Crippen LogP contribution in [-0.2, 0) is 19.3 Å². The van der Waals surface area contributed by atoms with Gasteiger partial charge in [0.1, 0.15) is 17.3 Å². The number of nitrogens with one attached hydrogen (secondary N) is 1. The van der Waals surface area contributed by atoms with Crippen molar-refractivity contribution in [1.82, 2.24) is 20.3 Å². The van der Waals surface area contributed by atoms with Crippen molar-refractivity contribution < 1.29 is 4.79 Å². The number of aromatic nitrogens is 3. The van der Waals surface area contributed by atoms with E-state index in [1.165, 1.54) is 5.56 Å². The first-order valence-corrected chi connectivity index (χ1v) is 9.92. The monoisotopic (exact) mass is 365 g/mol. The van der Waals surface area contributed by atoms with E-state index in [1.54, 1.807) is 0 Å². The number of rotatable bonds is 5. The van der Waals surface area contributed by atoms with Crippen LogP contribution in [0.15, 0.2) is 24.5 Å². The lowest BCUT2D eigenvalue weighted by Gasteiger charge is -2.25. The summed E-state index contributed by atoms with van der Waals surface area (Å²) in [6, 6.07) is 4.15. The molecule has 2 aromatic rings. The van der Waals surface area contributed by atoms with Gasteiger partial charge in [0, 0.05) is 44.0 Å². The number of carbonyl (C=O) groups is 1. The minimum Gasteiger partial charge on any atom is -0.356 e. The highest BCUT2D eigenvalue weighted by atomic mass is 16.1. The van der Waals surface area contributed by atoms with Crippen molar-refractivity contribution in [1.29, 1.82) is 0 Å². The van der Waals surface area contributed by atoms with E-state index in [4.69, 9.17) is 4.98 Å². The summed E-state index contributed by atoms with van der Waals surface area (Å²) >= 11 is 0. The first-order chi connectivity index (χ1) is 13.1. The van der Waals surface area contributed by atoms with Crippen molar-refractivity contribution >= 4 is 11.7 Å². The normalized spacial score (nSPS) is 19.3. The summed E-state index contributed by atoms with van der Waals surface area (Å²) in [6.07, 6.45) is 7.55. The van der Waals surface area contributed by atoms with Gasteiger partial charge in [-0.15, -0.1) is 0 Å². The summed E-state index contributed by atoms with van der Waals surface area (Å²) in [5.74, 6) is 2.76. The topological polar surface area (TPSA) is 71.0 Å². The smallest absolute Gasteiger partial charge is 0.270 e. The lowest BCUT2D eigenvalue weighted by Crippen LogP contribution is -2.36. The number of hydrogen-bond acceptors (Lipinski definition) is 5. The zero-order chi connectivity index (χ0) is 18.8. The molecule has 1 amide bonds. The van der Waals surface area contributed by atoms with Gasteiger partial charge >= 0.3 is 0 Å². The Morgan fingerprint density at radius 3 is 3.00 bits per heavy atom. The third-order valence-electron chi connectivity index (χ3n) is 5.33. The van der Waals surface area contributed by atoms with E-state index in [2.05, 4.69) is 40.1 Å². The van der Waals surface area contributed by atoms with Crippen LogP contribution in [0, 0.1) is 11.8 Å². The standard InChI is InChI=1S/C21H27N5O/c1-14(2)10-18-24-19-17(5-8-23-21(19)27)20(25-18)26-9-6-16(13-26)11-15-4-3-7-22-12-15/h3-4,7,12,14,16H,5-6,8-11,13H2,1-2H3,(H,23,27). The first-order valence-electron chi connectivity index (χ1n) is 9.92. The molecule has 0 aromatic carbocycles. The summed E-state index contributed by atoms with van der Waals surface area (Å²) in [6.45, 7) is 6.93. The number of carbonyl (C=O) groups excluding carboxylic acids is 1. The van der Waals surface area contributed by atoms with E-state index in [-0.39, 0.29) is 5.91 Å². The zero-order valence-electron chi connectivity index (χ0n) is 16.1. The van der Waals surface area contributed by atoms with Crippen molar-refractivity contribution in [2.45, 2.75) is 39.5 Å². The van der Waals surface area contributed by atoms with Crippen LogP contribution >= 0.6 is 0 Å². The van der Waals surface area contributed by atoms with Crippen LogP contribution < -0.4 is 10.2 Å². The average Bonchev–Trinajstić information content (AvgIpc) is 3.10. The molecular weight excluding hydrogens is 338 g/mol. The van der Waals surface area contributed by atoms with Crippen LogP contribution in [0.5, 0.6) is 0 Å². The Morgan fingerprint density at radius 2 is 2.22 bits per heavy atom. The minimum atomic E-state index is -0.0592. The molecule has 1 saturated heterocycles. The Labute approximate surface area is 160 Å². The molecule has 0 aliphatic carbocycles. The van der Waals surface area contributed by atoms with Crippen molar-refractivity contribution in [3.05, 3.63) is 47.2 Å². The average molecular weight is 365 g/mol. The van der Waals surface area contributed by atoms with Gasteiger partial charge in [-0.2, -0.15) is 0 Å². The maximum atomic E-state index is 12.4. The quantitative estimate of drug-likeness (QED) is 0.881. The first kappa shape index (κ1) is 17.9. The molecule has 1 atom stereocenters. The molecule has 4 rings (SSSR count). The second kappa shape index (κ2) is 7.62. The number of nitrogens with zero attached hydrogens (tertiary/aromatic N) is 4. The summed E-state index contributed by atoms with van der Waals surface area (Å²) < 4.78 is 0. The van der Waals surface area contributed by atoms with E-state index in [0.717, 1.165) is 56.0 Å². The largest absolute Gasteiger partial charge is 0.356 e. The Balaban J connectivity index is 1.59. The molecule has 0 spiro atoms. The lowest BCUT2D eigenvalue weighted by molar-refractivity contribution is 0.0940. The van der Waals surface area contributed by atoms with Crippen LogP contribution in [0.25, 0.3) is 0 Å². The lowest BCUT2D eigenvalue weighted by atomic mass is 10.00. The molecule has 6 heteroatoms. The van der Waals surface area contributed by atoms with Gasteiger partial charge in [-0.1, -0.05) is 19.9 Å². The van der Waals surface area contributed by atoms with Crippen molar-refractivity contribution in [3.8, 4) is 0 Å². The van der Waals surface area contributed by atoms with Crippen LogP contribution in [0.2, 0.25) is 0 Å². The number of pyridine rings is 1. The summed E-state index contributed by atoms with van der Waals surface area (Å²) in [5, 5.41) is 2.92. The van der Waals surface area contributed by atoms with Gasteiger partial charge in [0.05, 0.1) is 0 Å². The molecule has 142 valence electrons. The molecule has 1 unspecified atom stereocenters. The SMILES string of the molecule is CC(C)Cc1nc2c(c(N3CCC(Cc4cccnc4)C3)n1)CCNC2=O. The van der Waals surface area contributed by atoms with Crippen LogP contribution in [0.3, 0.4) is 0 Å². The number of amides is 1. The molecule has 2 aliphatic heterocycles. The molecular formula is C21H27N5O. The molecule has 0 saturated carbocycles. The highest BCUT2D eigenvalue weighted by molar-refractivity contribution is 5.96. The predicted octanol–water partition coefficient (Wildman–Crippen LogP) is 2.42. The van der Waals surface area contributed by atoms with Gasteiger partial charge < -0.3 is 10.2 Å². The third-order valence-corrected chi connectivity index (χ3v) is 5.33. The molecule has 2 aromatic heterocycles. The fraction of sp³-hybridized carbons (Fsp3) is 0.524. The fourth-order valence-corrected chi connectivity index (χ4v) is 4.08. The van der Waals surface area contributed by atoms with E-state index >= 15 is 0 Å². The third kappa shape index (κ3) is 3.94. The number of anilines is 1. The highest BCUT2D eigenvalue weighted by Crippen LogP contribution is 2.30. The maximum absolute atomic E-state index is 12.4. The van der Waals surface area contributed by atoms with Crippen molar-refractivity contribution in [2.24, 2.45) is 11.8 Å². The highest BCUT2D eigenvalue weighted by Gasteiger charge is 2.30. The Bertz CT molecular complexity index is 821. The number of fused-ring (bicyclic) bond motifs is 1.